The molecule has 1 aromatic heterocycles. The fraction of sp³-hybridized carbons (Fsp3) is 0.500. The van der Waals surface area contributed by atoms with Crippen LogP contribution in [0.3, 0.4) is 0 Å². The second kappa shape index (κ2) is 12.5. The van der Waals surface area contributed by atoms with Gasteiger partial charge in [0.25, 0.3) is 0 Å². The van der Waals surface area contributed by atoms with Crippen LogP contribution in [0.2, 0.25) is 0 Å². The highest BCUT2D eigenvalue weighted by atomic mass is 16.6. The van der Waals surface area contributed by atoms with Crippen molar-refractivity contribution in [3.63, 3.8) is 0 Å². The van der Waals surface area contributed by atoms with Crippen molar-refractivity contribution < 1.29 is 29.3 Å². The third kappa shape index (κ3) is 8.94. The molecule has 2 rings (SSSR count). The number of allylic oxidation sites excluding steroid dienone is 3. The van der Waals surface area contributed by atoms with E-state index < -0.39 is 35.9 Å². The monoisotopic (exact) mass is 457 g/mol. The molecular weight excluding hydrogens is 422 g/mol. The van der Waals surface area contributed by atoms with Gasteiger partial charge in [0.15, 0.2) is 0 Å². The number of cyclic esters (lactones) is 1. The molecule has 0 amide bonds. The summed E-state index contributed by atoms with van der Waals surface area (Å²) in [5.41, 5.74) is 0.381. The summed E-state index contributed by atoms with van der Waals surface area (Å²) in [4.78, 5) is 28.3. The number of rotatable bonds is 5. The summed E-state index contributed by atoms with van der Waals surface area (Å²) in [6, 6.07) is 5.75. The van der Waals surface area contributed by atoms with Gasteiger partial charge in [-0.1, -0.05) is 37.3 Å². The van der Waals surface area contributed by atoms with Crippen molar-refractivity contribution in [3.05, 3.63) is 66.0 Å². The summed E-state index contributed by atoms with van der Waals surface area (Å²) in [6.45, 7) is 6.59. The van der Waals surface area contributed by atoms with Gasteiger partial charge in [-0.05, 0) is 50.5 Å². The summed E-state index contributed by atoms with van der Waals surface area (Å²) in [7, 11) is 0. The van der Waals surface area contributed by atoms with Gasteiger partial charge in [0.1, 0.15) is 17.8 Å². The first kappa shape index (κ1) is 26.5. The number of carbonyl (C=O) groups excluding carboxylic acids is 2. The second-order valence-corrected chi connectivity index (χ2v) is 8.80. The second-order valence-electron chi connectivity index (χ2n) is 8.80. The first-order valence-electron chi connectivity index (χ1n) is 11.3. The Labute approximate surface area is 195 Å². The zero-order chi connectivity index (χ0) is 24.4. The number of aromatic nitrogens is 1. The van der Waals surface area contributed by atoms with Crippen molar-refractivity contribution in [1.82, 2.24) is 4.98 Å². The molecule has 0 saturated carbocycles. The molecule has 0 radical (unpaired) electrons. The van der Waals surface area contributed by atoms with Crippen LogP contribution in [-0.2, 0) is 25.5 Å². The molecule has 1 aromatic rings. The van der Waals surface area contributed by atoms with Crippen molar-refractivity contribution in [2.24, 2.45) is 5.92 Å². The zero-order valence-electron chi connectivity index (χ0n) is 19.8. The molecule has 0 unspecified atom stereocenters. The normalized spacial score (nSPS) is 30.7. The Kier molecular flexibility index (Phi) is 10.0. The van der Waals surface area contributed by atoms with Gasteiger partial charge in [-0.15, -0.1) is 0 Å². The number of aliphatic hydroxyl groups is 2. The van der Waals surface area contributed by atoms with E-state index in [-0.39, 0.29) is 25.2 Å². The maximum absolute atomic E-state index is 12.5. The minimum Gasteiger partial charge on any atom is -0.457 e. The molecule has 5 atom stereocenters. The number of carbonyl (C=O) groups is 2. The molecule has 0 bridgehead atoms. The molecule has 0 fully saturated rings. The third-order valence-electron chi connectivity index (χ3n) is 5.61. The number of aliphatic hydroxyl groups excluding tert-OH is 1. The summed E-state index contributed by atoms with van der Waals surface area (Å²) in [6.07, 6.45) is 9.30. The average molecular weight is 458 g/mol. The van der Waals surface area contributed by atoms with Gasteiger partial charge >= 0.3 is 11.9 Å². The molecule has 0 aliphatic carbocycles. The molecule has 7 heteroatoms. The maximum atomic E-state index is 12.5. The molecule has 180 valence electrons. The van der Waals surface area contributed by atoms with Gasteiger partial charge in [0.05, 0.1) is 12.5 Å². The van der Waals surface area contributed by atoms with E-state index >= 15 is 0 Å². The summed E-state index contributed by atoms with van der Waals surface area (Å²) >= 11 is 0. The molecule has 1 aliphatic rings. The van der Waals surface area contributed by atoms with E-state index in [1.165, 1.54) is 6.92 Å². The summed E-state index contributed by atoms with van der Waals surface area (Å²) < 4.78 is 11.1. The number of nitrogens with zero attached hydrogens (tertiary/aromatic N) is 1. The molecule has 7 nitrogen and oxygen atoms in total. The van der Waals surface area contributed by atoms with Gasteiger partial charge in [-0.25, -0.2) is 0 Å². The average Bonchev–Trinajstić information content (AvgIpc) is 2.76. The van der Waals surface area contributed by atoms with E-state index in [1.54, 1.807) is 25.3 Å². The summed E-state index contributed by atoms with van der Waals surface area (Å²) in [5.74, 6) is -1.28. The standard InChI is InChI=1S/C26H35NO6/c1-18(9-5-6-10-21-11-7-8-16-27-21)25-19(2)12-13-23(32-20(3)28)26(4,31)15-14-22(29)17-24(30)33-25/h5-9,11-13,16,19,22-23,25,29,31H,10,14-15,17H2,1-4H3/b6-5+,13-12+,18-9+/t19-,22+,23+,25+,26+/m0/s1. The van der Waals surface area contributed by atoms with Gasteiger partial charge in [-0.3, -0.25) is 14.6 Å². The highest BCUT2D eigenvalue weighted by Crippen LogP contribution is 2.26. The first-order valence-corrected chi connectivity index (χ1v) is 11.3. The minimum atomic E-state index is -1.39. The molecule has 0 aromatic carbocycles. The van der Waals surface area contributed by atoms with Crippen LogP contribution in [0, 0.1) is 5.92 Å². The Morgan fingerprint density at radius 3 is 2.76 bits per heavy atom. The Morgan fingerprint density at radius 1 is 1.33 bits per heavy atom. The van der Waals surface area contributed by atoms with Gasteiger partial charge in [0.2, 0.25) is 0 Å². The quantitative estimate of drug-likeness (QED) is 0.396. The van der Waals surface area contributed by atoms with E-state index in [1.807, 2.05) is 50.3 Å². The predicted molar refractivity (Wildman–Crippen MR) is 125 cm³/mol. The van der Waals surface area contributed by atoms with E-state index in [4.69, 9.17) is 9.47 Å². The largest absolute Gasteiger partial charge is 0.457 e. The van der Waals surface area contributed by atoms with Crippen LogP contribution in [0.25, 0.3) is 0 Å². The fourth-order valence-electron chi connectivity index (χ4n) is 3.65. The lowest BCUT2D eigenvalue weighted by Crippen LogP contribution is -2.42. The molecule has 2 N–H and O–H groups in total. The Morgan fingerprint density at radius 2 is 2.09 bits per heavy atom. The SMILES string of the molecule is CC(=O)O[C@@H]1/C=C/[C@H](C)[C@@H](/C(C)=C/C=C/Cc2ccccn2)OC(=O)C[C@H](O)CC[C@@]1(C)O. The molecule has 0 saturated heterocycles. The lowest BCUT2D eigenvalue weighted by molar-refractivity contribution is -0.157. The van der Waals surface area contributed by atoms with Crippen LogP contribution in [0.1, 0.15) is 52.7 Å². The van der Waals surface area contributed by atoms with Crippen molar-refractivity contribution in [2.45, 2.75) is 77.3 Å². The lowest BCUT2D eigenvalue weighted by Gasteiger charge is -2.32. The van der Waals surface area contributed by atoms with E-state index in [0.717, 1.165) is 11.3 Å². The fourth-order valence-corrected chi connectivity index (χ4v) is 3.65. The Hall–Kier alpha value is -2.77. The number of pyridine rings is 1. The lowest BCUT2D eigenvalue weighted by atomic mass is 9.88. The topological polar surface area (TPSA) is 106 Å². The Bertz CT molecular complexity index is 874. The van der Waals surface area contributed by atoms with Crippen LogP contribution < -0.4 is 0 Å². The van der Waals surface area contributed by atoms with Gasteiger partial charge in [-0.2, -0.15) is 0 Å². The van der Waals surface area contributed by atoms with Crippen LogP contribution in [0.15, 0.2) is 60.3 Å². The van der Waals surface area contributed by atoms with E-state index in [2.05, 4.69) is 4.98 Å². The molecule has 0 spiro atoms. The van der Waals surface area contributed by atoms with Gasteiger partial charge in [0, 0.05) is 31.2 Å². The van der Waals surface area contributed by atoms with Crippen LogP contribution >= 0.6 is 0 Å². The van der Waals surface area contributed by atoms with Crippen LogP contribution in [0.5, 0.6) is 0 Å². The molecule has 1 aliphatic heterocycles. The molecule has 2 heterocycles. The van der Waals surface area contributed by atoms with Crippen molar-refractivity contribution >= 4 is 11.9 Å². The summed E-state index contributed by atoms with van der Waals surface area (Å²) in [5, 5.41) is 21.1. The highest BCUT2D eigenvalue weighted by molar-refractivity contribution is 5.70. The van der Waals surface area contributed by atoms with Crippen molar-refractivity contribution in [3.8, 4) is 0 Å². The highest BCUT2D eigenvalue weighted by Gasteiger charge is 2.34. The predicted octanol–water partition coefficient (Wildman–Crippen LogP) is 3.46. The van der Waals surface area contributed by atoms with Crippen molar-refractivity contribution in [2.75, 3.05) is 0 Å². The number of hydrogen-bond acceptors (Lipinski definition) is 7. The number of hydrogen-bond donors (Lipinski definition) is 2. The zero-order valence-corrected chi connectivity index (χ0v) is 19.8. The van der Waals surface area contributed by atoms with E-state index in [9.17, 15) is 19.8 Å². The minimum absolute atomic E-state index is 0.154. The third-order valence-corrected chi connectivity index (χ3v) is 5.61. The number of ether oxygens (including phenoxy) is 2. The van der Waals surface area contributed by atoms with E-state index in [0.29, 0.717) is 6.42 Å². The maximum Gasteiger partial charge on any atom is 0.309 e. The molecular formula is C26H35NO6. The van der Waals surface area contributed by atoms with Crippen LogP contribution in [0.4, 0.5) is 0 Å². The Balaban J connectivity index is 2.25. The first-order chi connectivity index (χ1) is 15.6. The van der Waals surface area contributed by atoms with Crippen LogP contribution in [-0.4, -0.2) is 51.0 Å². The smallest absolute Gasteiger partial charge is 0.309 e. The van der Waals surface area contributed by atoms with Gasteiger partial charge < -0.3 is 19.7 Å². The van der Waals surface area contributed by atoms with Crippen molar-refractivity contribution in [1.29, 1.82) is 0 Å². The number of esters is 2. The molecule has 33 heavy (non-hydrogen) atoms.